The van der Waals surface area contributed by atoms with E-state index in [9.17, 15) is 0 Å². The van der Waals surface area contributed by atoms with Crippen LogP contribution in [0.4, 0.5) is 0 Å². The van der Waals surface area contributed by atoms with Gasteiger partial charge in [-0.2, -0.15) is 0 Å². The van der Waals surface area contributed by atoms with E-state index >= 15 is 0 Å². The van der Waals surface area contributed by atoms with Gasteiger partial charge in [-0.15, -0.1) is 0 Å². The summed E-state index contributed by atoms with van der Waals surface area (Å²) in [6.45, 7) is 12.1. The van der Waals surface area contributed by atoms with Gasteiger partial charge in [-0.1, -0.05) is 6.58 Å². The lowest BCUT2D eigenvalue weighted by molar-refractivity contribution is 1.36. The van der Waals surface area contributed by atoms with Crippen LogP contribution < -0.4 is 0 Å². The lowest BCUT2D eigenvalue weighted by Gasteiger charge is -1.86. The van der Waals surface area contributed by atoms with Gasteiger partial charge in [0.15, 0.2) is 6.04 Å². The molecule has 0 bridgehead atoms. The highest BCUT2D eigenvalue weighted by atomic mass is 28.3. The minimum Gasteiger partial charge on any atom is -0.0683 e. The molecule has 0 aromatic rings. The van der Waals surface area contributed by atoms with Crippen LogP contribution in [0.5, 0.6) is 0 Å². The summed E-state index contributed by atoms with van der Waals surface area (Å²) in [7, 11) is -0.246. The molecule has 0 saturated carbocycles. The zero-order valence-electron chi connectivity index (χ0n) is 5.83. The first-order valence-corrected chi connectivity index (χ1v) is 4.93. The SMILES string of the molecule is C=C(C)[Si+](C[CH2+])CC. The van der Waals surface area contributed by atoms with Crippen molar-refractivity contribution in [1.29, 1.82) is 0 Å². The van der Waals surface area contributed by atoms with E-state index in [1.54, 1.807) is 0 Å². The summed E-state index contributed by atoms with van der Waals surface area (Å²) in [5.41, 5.74) is 0. The molecule has 8 heavy (non-hydrogen) atoms. The predicted molar refractivity (Wildman–Crippen MR) is 41.2 cm³/mol. The molecule has 0 fully saturated rings. The van der Waals surface area contributed by atoms with E-state index in [0.29, 0.717) is 0 Å². The Hall–Kier alpha value is -0.173. The van der Waals surface area contributed by atoms with Crippen molar-refractivity contribution in [3.8, 4) is 0 Å². The molecule has 1 heteroatoms. The third-order valence-electron chi connectivity index (χ3n) is 1.33. The average molecular weight is 126 g/mol. The van der Waals surface area contributed by atoms with Gasteiger partial charge >= 0.3 is 8.80 Å². The monoisotopic (exact) mass is 126 g/mol. The molecule has 0 rings (SSSR count). The molecule has 0 radical (unpaired) electrons. The maximum Gasteiger partial charge on any atom is 0.398 e. The Morgan fingerprint density at radius 1 is 1.75 bits per heavy atom. The largest absolute Gasteiger partial charge is 0.398 e. The van der Waals surface area contributed by atoms with Crippen molar-refractivity contribution in [1.82, 2.24) is 0 Å². The van der Waals surface area contributed by atoms with Crippen LogP contribution in [0.2, 0.25) is 12.1 Å². The summed E-state index contributed by atoms with van der Waals surface area (Å²) < 4.78 is 0. The van der Waals surface area contributed by atoms with Gasteiger partial charge in [0.25, 0.3) is 0 Å². The van der Waals surface area contributed by atoms with Gasteiger partial charge in [0.05, 0.1) is 18.2 Å². The molecule has 0 heterocycles. The van der Waals surface area contributed by atoms with Crippen molar-refractivity contribution in [3.63, 3.8) is 0 Å². The van der Waals surface area contributed by atoms with E-state index in [4.69, 9.17) is 0 Å². The van der Waals surface area contributed by atoms with E-state index in [2.05, 4.69) is 27.4 Å². The van der Waals surface area contributed by atoms with Gasteiger partial charge in [-0.3, -0.25) is 0 Å². The Balaban J connectivity index is 3.52. The quantitative estimate of drug-likeness (QED) is 0.402. The van der Waals surface area contributed by atoms with Gasteiger partial charge in [-0.05, 0) is 13.8 Å². The van der Waals surface area contributed by atoms with Crippen molar-refractivity contribution < 1.29 is 0 Å². The molecule has 0 aliphatic rings. The van der Waals surface area contributed by atoms with Crippen LogP contribution in [0, 0.1) is 6.92 Å². The van der Waals surface area contributed by atoms with Gasteiger partial charge < -0.3 is 0 Å². The highest BCUT2D eigenvalue weighted by Gasteiger charge is 2.26. The summed E-state index contributed by atoms with van der Waals surface area (Å²) in [6.07, 6.45) is 0. The van der Waals surface area contributed by atoms with Gasteiger partial charge in [0, 0.05) is 0 Å². The van der Waals surface area contributed by atoms with Crippen LogP contribution in [-0.2, 0) is 0 Å². The zero-order chi connectivity index (χ0) is 6.57. The Morgan fingerprint density at radius 2 is 2.25 bits per heavy atom. The van der Waals surface area contributed by atoms with E-state index in [1.165, 1.54) is 11.2 Å². The first kappa shape index (κ1) is 7.83. The first-order chi connectivity index (χ1) is 3.72. The van der Waals surface area contributed by atoms with Crippen LogP contribution in [0.1, 0.15) is 13.8 Å². The number of hydrogen-bond acceptors (Lipinski definition) is 0. The van der Waals surface area contributed by atoms with E-state index in [-0.39, 0.29) is 8.80 Å². The van der Waals surface area contributed by atoms with E-state index < -0.39 is 0 Å². The highest BCUT2D eigenvalue weighted by molar-refractivity contribution is 6.66. The molecule has 0 spiro atoms. The molecular formula is C7H14Si+2. The van der Waals surface area contributed by atoms with Gasteiger partial charge in [0.2, 0.25) is 0 Å². The molecule has 0 aromatic heterocycles. The van der Waals surface area contributed by atoms with Crippen molar-refractivity contribution in [2.45, 2.75) is 25.9 Å². The lowest BCUT2D eigenvalue weighted by atomic mass is 10.7. The lowest BCUT2D eigenvalue weighted by Crippen LogP contribution is -2.09. The number of rotatable bonds is 3. The fourth-order valence-electron chi connectivity index (χ4n) is 0.692. The summed E-state index contributed by atoms with van der Waals surface area (Å²) in [6, 6.07) is 2.38. The number of hydrogen-bond donors (Lipinski definition) is 0. The van der Waals surface area contributed by atoms with Crippen LogP contribution >= 0.6 is 0 Å². The number of allylic oxidation sites excluding steroid dienone is 1. The topological polar surface area (TPSA) is 0 Å². The summed E-state index contributed by atoms with van der Waals surface area (Å²) in [5, 5.41) is 1.37. The molecule has 0 saturated heterocycles. The molecule has 44 valence electrons. The van der Waals surface area contributed by atoms with Gasteiger partial charge in [-0.25, -0.2) is 0 Å². The maximum absolute atomic E-state index is 3.90. The maximum atomic E-state index is 3.90. The van der Waals surface area contributed by atoms with Gasteiger partial charge in [0.1, 0.15) is 0 Å². The second-order valence-corrected chi connectivity index (χ2v) is 5.26. The standard InChI is InChI=1S/C7H14Si/c1-5-8(6-2)7(3)4/h1,3,5-6H2,2,4H3/q+2. The Labute approximate surface area is 54.2 Å². The second-order valence-electron chi connectivity index (χ2n) is 1.99. The molecule has 0 amide bonds. The molecule has 0 nitrogen and oxygen atoms in total. The normalized spacial score (nSPS) is 8.75. The second kappa shape index (κ2) is 3.78. The Kier molecular flexibility index (Phi) is 3.70. The van der Waals surface area contributed by atoms with Crippen molar-refractivity contribution in [2.24, 2.45) is 0 Å². The summed E-state index contributed by atoms with van der Waals surface area (Å²) in [4.78, 5) is 0. The minimum absolute atomic E-state index is 0.246. The van der Waals surface area contributed by atoms with Crippen LogP contribution in [0.15, 0.2) is 11.8 Å². The molecular weight excluding hydrogens is 112 g/mol. The Morgan fingerprint density at radius 3 is 2.25 bits per heavy atom. The third-order valence-corrected chi connectivity index (χ3v) is 4.00. The van der Waals surface area contributed by atoms with Crippen LogP contribution in [-0.4, -0.2) is 8.80 Å². The van der Waals surface area contributed by atoms with E-state index in [1.807, 2.05) is 0 Å². The highest BCUT2D eigenvalue weighted by Crippen LogP contribution is 2.05. The third kappa shape index (κ3) is 2.22. The average Bonchev–Trinajstić information content (AvgIpc) is 1.69. The zero-order valence-corrected chi connectivity index (χ0v) is 6.83. The molecule has 0 aliphatic carbocycles. The molecule has 0 atom stereocenters. The fraction of sp³-hybridized carbons (Fsp3) is 0.571. The molecule has 0 aromatic carbocycles. The summed E-state index contributed by atoms with van der Waals surface area (Å²) in [5.74, 6) is 0. The van der Waals surface area contributed by atoms with Crippen molar-refractivity contribution >= 4 is 8.80 Å². The molecule has 0 N–H and O–H groups in total. The smallest absolute Gasteiger partial charge is 0.0683 e. The molecule has 0 aliphatic heterocycles. The van der Waals surface area contributed by atoms with Crippen LogP contribution in [0.3, 0.4) is 0 Å². The van der Waals surface area contributed by atoms with Crippen molar-refractivity contribution in [2.75, 3.05) is 0 Å². The van der Waals surface area contributed by atoms with E-state index in [0.717, 1.165) is 6.04 Å². The fourth-order valence-corrected chi connectivity index (χ4v) is 2.08. The first-order valence-electron chi connectivity index (χ1n) is 3.02. The minimum atomic E-state index is -0.246. The Bertz CT molecular complexity index is 72.5. The van der Waals surface area contributed by atoms with Crippen LogP contribution in [0.25, 0.3) is 0 Å². The molecule has 0 unspecified atom stereocenters. The summed E-state index contributed by atoms with van der Waals surface area (Å²) >= 11 is 0. The predicted octanol–water partition coefficient (Wildman–Crippen LogP) is 2.45. The van der Waals surface area contributed by atoms with Crippen molar-refractivity contribution in [3.05, 3.63) is 18.7 Å².